The highest BCUT2D eigenvalue weighted by Gasteiger charge is 2.33. The lowest BCUT2D eigenvalue weighted by molar-refractivity contribution is -0.136. The van der Waals surface area contributed by atoms with Gasteiger partial charge in [-0.1, -0.05) is 25.5 Å². The zero-order chi connectivity index (χ0) is 16.1. The molecule has 1 amide bonds. The first kappa shape index (κ1) is 17.0. The van der Waals surface area contributed by atoms with Crippen molar-refractivity contribution in [1.82, 2.24) is 4.90 Å². The fraction of sp³-hybridized carbons (Fsp3) is 0.778. The van der Waals surface area contributed by atoms with Crippen LogP contribution >= 0.6 is 0 Å². The molecule has 0 bridgehead atoms. The maximum Gasteiger partial charge on any atom is 0.223 e. The summed E-state index contributed by atoms with van der Waals surface area (Å²) in [4.78, 5) is 14.4. The number of hydrogen-bond acceptors (Lipinski definition) is 3. The van der Waals surface area contributed by atoms with Gasteiger partial charge in [0.2, 0.25) is 5.91 Å². The van der Waals surface area contributed by atoms with Crippen molar-refractivity contribution in [3.05, 3.63) is 11.6 Å². The molecule has 4 nitrogen and oxygen atoms in total. The average Bonchev–Trinajstić information content (AvgIpc) is 2.50. The third-order valence-corrected chi connectivity index (χ3v) is 5.20. The van der Waals surface area contributed by atoms with E-state index in [9.17, 15) is 4.79 Å². The second kappa shape index (κ2) is 7.78. The highest BCUT2D eigenvalue weighted by Crippen LogP contribution is 2.40. The molecular formula is C18H28N2O2. The van der Waals surface area contributed by atoms with Crippen LogP contribution < -0.4 is 0 Å². The first-order valence-corrected chi connectivity index (χ1v) is 8.43. The minimum absolute atomic E-state index is 0.252. The predicted molar refractivity (Wildman–Crippen MR) is 85.9 cm³/mol. The van der Waals surface area contributed by atoms with Crippen LogP contribution in [-0.4, -0.2) is 37.1 Å². The topological polar surface area (TPSA) is 53.3 Å². The Labute approximate surface area is 134 Å². The molecule has 0 saturated carbocycles. The van der Waals surface area contributed by atoms with E-state index in [0.717, 1.165) is 19.5 Å². The Hall–Kier alpha value is -1.34. The number of amides is 1. The molecule has 2 aliphatic rings. The molecule has 0 radical (unpaired) electrons. The van der Waals surface area contributed by atoms with Crippen molar-refractivity contribution in [3.63, 3.8) is 0 Å². The Bertz CT molecular complexity index is 458. The molecule has 1 saturated heterocycles. The van der Waals surface area contributed by atoms with Crippen LogP contribution in [0.4, 0.5) is 0 Å². The number of morpholine rings is 1. The maximum absolute atomic E-state index is 12.5. The standard InChI is InChI=1S/C18H28N2O2/c1-13(2)17-11-16(14(3)10-15(17)4-5-19)12-18(21)20-6-8-22-9-7-20/h10,13,15-17H,4,6-9,11-12H2,1-3H3/t15-,16+,17+/m1/s1. The van der Waals surface area contributed by atoms with Crippen LogP contribution in [0, 0.1) is 35.0 Å². The van der Waals surface area contributed by atoms with Gasteiger partial charge < -0.3 is 9.64 Å². The van der Waals surface area contributed by atoms with Crippen molar-refractivity contribution in [2.45, 2.75) is 40.0 Å². The molecule has 1 heterocycles. The van der Waals surface area contributed by atoms with Crippen LogP contribution in [0.2, 0.25) is 0 Å². The van der Waals surface area contributed by atoms with Crippen molar-refractivity contribution in [2.24, 2.45) is 23.7 Å². The van der Waals surface area contributed by atoms with Gasteiger partial charge in [-0.3, -0.25) is 4.79 Å². The number of carbonyl (C=O) groups is 1. The molecule has 122 valence electrons. The largest absolute Gasteiger partial charge is 0.378 e. The lowest BCUT2D eigenvalue weighted by atomic mass is 9.69. The minimum atomic E-state index is 0.252. The molecule has 0 aromatic rings. The molecule has 1 fully saturated rings. The van der Waals surface area contributed by atoms with Crippen molar-refractivity contribution in [1.29, 1.82) is 5.26 Å². The highest BCUT2D eigenvalue weighted by atomic mass is 16.5. The van der Waals surface area contributed by atoms with Gasteiger partial charge in [-0.25, -0.2) is 0 Å². The minimum Gasteiger partial charge on any atom is -0.378 e. The van der Waals surface area contributed by atoms with E-state index >= 15 is 0 Å². The van der Waals surface area contributed by atoms with Gasteiger partial charge in [-0.2, -0.15) is 5.26 Å². The summed E-state index contributed by atoms with van der Waals surface area (Å²) in [6.45, 7) is 9.33. The average molecular weight is 304 g/mol. The molecule has 0 unspecified atom stereocenters. The zero-order valence-electron chi connectivity index (χ0n) is 14.0. The van der Waals surface area contributed by atoms with Crippen molar-refractivity contribution < 1.29 is 9.53 Å². The third-order valence-electron chi connectivity index (χ3n) is 5.20. The van der Waals surface area contributed by atoms with Crippen molar-refractivity contribution in [3.8, 4) is 6.07 Å². The molecule has 0 aromatic heterocycles. The Morgan fingerprint density at radius 3 is 2.73 bits per heavy atom. The molecule has 0 N–H and O–H groups in total. The Morgan fingerprint density at radius 1 is 1.45 bits per heavy atom. The van der Waals surface area contributed by atoms with Gasteiger partial charge in [-0.15, -0.1) is 0 Å². The summed E-state index contributed by atoms with van der Waals surface area (Å²) in [5, 5.41) is 9.03. The fourth-order valence-electron chi connectivity index (χ4n) is 3.77. The molecule has 0 aromatic carbocycles. The second-order valence-corrected chi connectivity index (χ2v) is 6.97. The van der Waals surface area contributed by atoms with Crippen LogP contribution in [0.15, 0.2) is 11.6 Å². The zero-order valence-corrected chi connectivity index (χ0v) is 14.0. The van der Waals surface area contributed by atoms with E-state index in [2.05, 4.69) is 32.9 Å². The van der Waals surface area contributed by atoms with Crippen LogP contribution in [0.5, 0.6) is 0 Å². The van der Waals surface area contributed by atoms with Crippen molar-refractivity contribution in [2.75, 3.05) is 26.3 Å². The molecule has 22 heavy (non-hydrogen) atoms. The Kier molecular flexibility index (Phi) is 6.02. The monoisotopic (exact) mass is 304 g/mol. The number of nitriles is 1. The smallest absolute Gasteiger partial charge is 0.223 e. The predicted octanol–water partition coefficient (Wildman–Crippen LogP) is 3.00. The van der Waals surface area contributed by atoms with Gasteiger partial charge in [0, 0.05) is 25.9 Å². The number of allylic oxidation sites excluding steroid dienone is 2. The molecule has 4 heteroatoms. The van der Waals surface area contributed by atoms with Crippen LogP contribution in [0.1, 0.15) is 40.0 Å². The van der Waals surface area contributed by atoms with Gasteiger partial charge in [0.05, 0.1) is 19.3 Å². The number of nitrogens with zero attached hydrogens (tertiary/aromatic N) is 2. The summed E-state index contributed by atoms with van der Waals surface area (Å²) in [5.74, 6) is 1.98. The molecule has 2 rings (SSSR count). The molecule has 1 aliphatic heterocycles. The highest BCUT2D eigenvalue weighted by molar-refractivity contribution is 5.77. The summed E-state index contributed by atoms with van der Waals surface area (Å²) in [6, 6.07) is 2.32. The number of ether oxygens (including phenoxy) is 1. The van der Waals surface area contributed by atoms with Crippen LogP contribution in [0.3, 0.4) is 0 Å². The number of rotatable bonds is 4. The lowest BCUT2D eigenvalue weighted by Gasteiger charge is -2.37. The first-order chi connectivity index (χ1) is 10.5. The normalized spacial score (nSPS) is 29.1. The summed E-state index contributed by atoms with van der Waals surface area (Å²) in [6.07, 6.45) is 4.48. The number of carbonyl (C=O) groups excluding carboxylic acids is 1. The van der Waals surface area contributed by atoms with E-state index in [0.29, 0.717) is 49.7 Å². The Morgan fingerprint density at radius 2 is 2.14 bits per heavy atom. The summed E-state index contributed by atoms with van der Waals surface area (Å²) in [5.41, 5.74) is 1.29. The van der Waals surface area contributed by atoms with E-state index in [1.54, 1.807) is 0 Å². The van der Waals surface area contributed by atoms with E-state index in [4.69, 9.17) is 10.00 Å². The van der Waals surface area contributed by atoms with Gasteiger partial charge in [-0.05, 0) is 37.0 Å². The van der Waals surface area contributed by atoms with Crippen molar-refractivity contribution >= 4 is 5.91 Å². The van der Waals surface area contributed by atoms with E-state index in [-0.39, 0.29) is 5.91 Å². The van der Waals surface area contributed by atoms with Crippen LogP contribution in [0.25, 0.3) is 0 Å². The molecule has 1 aliphatic carbocycles. The van der Waals surface area contributed by atoms with Crippen LogP contribution in [-0.2, 0) is 9.53 Å². The van der Waals surface area contributed by atoms with Gasteiger partial charge in [0.1, 0.15) is 0 Å². The maximum atomic E-state index is 12.5. The Balaban J connectivity index is 2.02. The summed E-state index contributed by atoms with van der Waals surface area (Å²) >= 11 is 0. The molecule has 0 spiro atoms. The fourth-order valence-corrected chi connectivity index (χ4v) is 3.77. The van der Waals surface area contributed by atoms with E-state index in [1.807, 2.05) is 4.90 Å². The van der Waals surface area contributed by atoms with Gasteiger partial charge in [0.25, 0.3) is 0 Å². The second-order valence-electron chi connectivity index (χ2n) is 6.97. The third kappa shape index (κ3) is 4.10. The number of hydrogen-bond donors (Lipinski definition) is 0. The van der Waals surface area contributed by atoms with Gasteiger partial charge >= 0.3 is 0 Å². The first-order valence-electron chi connectivity index (χ1n) is 8.43. The lowest BCUT2D eigenvalue weighted by Crippen LogP contribution is -2.42. The van der Waals surface area contributed by atoms with Gasteiger partial charge in [0.15, 0.2) is 0 Å². The van der Waals surface area contributed by atoms with E-state index < -0.39 is 0 Å². The summed E-state index contributed by atoms with van der Waals surface area (Å²) < 4.78 is 5.31. The molecular weight excluding hydrogens is 276 g/mol. The quantitative estimate of drug-likeness (QED) is 0.750. The molecule has 3 atom stereocenters. The van der Waals surface area contributed by atoms with E-state index in [1.165, 1.54) is 5.57 Å². The summed E-state index contributed by atoms with van der Waals surface area (Å²) in [7, 11) is 0. The SMILES string of the molecule is CC1=C[C@@H](CC#N)[C@H](C(C)C)C[C@H]1CC(=O)N1CCOCC1.